The van der Waals surface area contributed by atoms with Crippen LogP contribution in [0.4, 0.5) is 8.78 Å². The van der Waals surface area contributed by atoms with Crippen molar-refractivity contribution in [3.8, 4) is 0 Å². The minimum absolute atomic E-state index is 0.192. The first-order valence-electron chi connectivity index (χ1n) is 4.43. The molecule has 0 fully saturated rings. The molecule has 0 aliphatic heterocycles. The second kappa shape index (κ2) is 5.19. The number of rotatable bonds is 5. The van der Waals surface area contributed by atoms with E-state index in [1.165, 1.54) is 6.07 Å². The fourth-order valence-electron chi connectivity index (χ4n) is 1.06. The number of benzene rings is 1. The molecule has 2 N–H and O–H groups in total. The lowest BCUT2D eigenvalue weighted by molar-refractivity contribution is -0.134. The van der Waals surface area contributed by atoms with Crippen LogP contribution in [0.25, 0.3) is 0 Å². The largest absolute Gasteiger partial charge is 0.480 e. The first-order valence-corrected chi connectivity index (χ1v) is 6.08. The van der Waals surface area contributed by atoms with Gasteiger partial charge in [-0.1, -0.05) is 6.07 Å². The van der Waals surface area contributed by atoms with Crippen molar-refractivity contribution in [3.63, 3.8) is 0 Å². The van der Waals surface area contributed by atoms with Gasteiger partial charge in [-0.3, -0.25) is 4.79 Å². The molecule has 0 aromatic heterocycles. The number of carboxylic acid groups (broad SMARTS) is 1. The first-order chi connectivity index (χ1) is 7.80. The van der Waals surface area contributed by atoms with Crippen molar-refractivity contribution in [3.05, 3.63) is 35.4 Å². The van der Waals surface area contributed by atoms with Crippen LogP contribution >= 0.6 is 0 Å². The van der Waals surface area contributed by atoms with E-state index in [4.69, 9.17) is 5.11 Å². The summed E-state index contributed by atoms with van der Waals surface area (Å²) in [6, 6.07) is 2.89. The van der Waals surface area contributed by atoms with Crippen LogP contribution in [0, 0.1) is 11.6 Å². The number of hydrogen-bond donors (Lipinski definition) is 2. The number of sulfonamides is 1. The van der Waals surface area contributed by atoms with Gasteiger partial charge in [0.2, 0.25) is 10.0 Å². The second-order valence-corrected chi connectivity index (χ2v) is 5.03. The highest BCUT2D eigenvalue weighted by Crippen LogP contribution is 2.08. The predicted octanol–water partition coefficient (Wildman–Crippen LogP) is 0.469. The molecule has 0 spiro atoms. The third-order valence-corrected chi connectivity index (χ3v) is 3.00. The molecule has 0 radical (unpaired) electrons. The molecular formula is C9H9F2NO4S. The van der Waals surface area contributed by atoms with Crippen LogP contribution in [0.2, 0.25) is 0 Å². The monoisotopic (exact) mass is 265 g/mol. The van der Waals surface area contributed by atoms with Gasteiger partial charge in [0.25, 0.3) is 0 Å². The van der Waals surface area contributed by atoms with Crippen molar-refractivity contribution >= 4 is 16.0 Å². The SMILES string of the molecule is O=C(O)CS(=O)(=O)NCc1ccc(F)c(F)c1. The summed E-state index contributed by atoms with van der Waals surface area (Å²) in [5, 5.41) is 8.30. The minimum Gasteiger partial charge on any atom is -0.480 e. The molecule has 1 aromatic rings. The maximum absolute atomic E-state index is 12.8. The maximum Gasteiger partial charge on any atom is 0.320 e. The van der Waals surface area contributed by atoms with E-state index in [1.807, 2.05) is 4.72 Å². The molecule has 0 amide bonds. The fraction of sp³-hybridized carbons (Fsp3) is 0.222. The van der Waals surface area contributed by atoms with E-state index in [9.17, 15) is 22.0 Å². The van der Waals surface area contributed by atoms with E-state index in [1.54, 1.807) is 0 Å². The van der Waals surface area contributed by atoms with Crippen LogP contribution in [-0.2, 0) is 21.4 Å². The number of carbonyl (C=O) groups is 1. The highest BCUT2D eigenvalue weighted by Gasteiger charge is 2.15. The highest BCUT2D eigenvalue weighted by molar-refractivity contribution is 7.90. The average Bonchev–Trinajstić information content (AvgIpc) is 2.18. The van der Waals surface area contributed by atoms with Crippen LogP contribution in [0.3, 0.4) is 0 Å². The first kappa shape index (κ1) is 13.5. The van der Waals surface area contributed by atoms with Crippen molar-refractivity contribution in [1.29, 1.82) is 0 Å². The van der Waals surface area contributed by atoms with Crippen LogP contribution in [0.5, 0.6) is 0 Å². The van der Waals surface area contributed by atoms with E-state index in [0.29, 0.717) is 0 Å². The van der Waals surface area contributed by atoms with Gasteiger partial charge in [-0.25, -0.2) is 21.9 Å². The van der Waals surface area contributed by atoms with Gasteiger partial charge in [-0.05, 0) is 17.7 Å². The Bertz CT molecular complexity index is 530. The topological polar surface area (TPSA) is 83.5 Å². The van der Waals surface area contributed by atoms with Crippen molar-refractivity contribution < 1.29 is 27.1 Å². The van der Waals surface area contributed by atoms with Crippen molar-refractivity contribution in [2.75, 3.05) is 5.75 Å². The summed E-state index contributed by atoms with van der Waals surface area (Å²) in [7, 11) is -3.97. The van der Waals surface area contributed by atoms with Crippen LogP contribution in [-0.4, -0.2) is 25.2 Å². The Morgan fingerprint density at radius 3 is 2.47 bits per heavy atom. The van der Waals surface area contributed by atoms with Gasteiger partial charge in [0.1, 0.15) is 0 Å². The van der Waals surface area contributed by atoms with Gasteiger partial charge in [0, 0.05) is 6.54 Å². The molecule has 0 atom stereocenters. The van der Waals surface area contributed by atoms with E-state index < -0.39 is 33.4 Å². The third kappa shape index (κ3) is 4.45. The lowest BCUT2D eigenvalue weighted by atomic mass is 10.2. The molecule has 17 heavy (non-hydrogen) atoms. The van der Waals surface area contributed by atoms with E-state index in [2.05, 4.69) is 0 Å². The van der Waals surface area contributed by atoms with Gasteiger partial charge in [-0.15, -0.1) is 0 Å². The zero-order chi connectivity index (χ0) is 13.1. The second-order valence-electron chi connectivity index (χ2n) is 3.22. The number of carboxylic acids is 1. The fourth-order valence-corrected chi connectivity index (χ4v) is 1.87. The van der Waals surface area contributed by atoms with Crippen molar-refractivity contribution in [2.24, 2.45) is 0 Å². The molecule has 0 bridgehead atoms. The van der Waals surface area contributed by atoms with Gasteiger partial charge >= 0.3 is 5.97 Å². The Hall–Kier alpha value is -1.54. The number of nitrogens with one attached hydrogen (secondary N) is 1. The molecule has 1 rings (SSSR count). The summed E-state index contributed by atoms with van der Waals surface area (Å²) in [4.78, 5) is 10.2. The highest BCUT2D eigenvalue weighted by atomic mass is 32.2. The summed E-state index contributed by atoms with van der Waals surface area (Å²) < 4.78 is 49.5. The van der Waals surface area contributed by atoms with Gasteiger partial charge < -0.3 is 5.11 Å². The molecule has 0 aliphatic rings. The summed E-state index contributed by atoms with van der Waals surface area (Å²) in [6.45, 7) is -0.299. The minimum atomic E-state index is -3.97. The zero-order valence-electron chi connectivity index (χ0n) is 8.48. The Kier molecular flexibility index (Phi) is 4.13. The molecule has 0 saturated carbocycles. The van der Waals surface area contributed by atoms with E-state index >= 15 is 0 Å². The molecular weight excluding hydrogens is 256 g/mol. The van der Waals surface area contributed by atoms with Crippen molar-refractivity contribution in [2.45, 2.75) is 6.54 Å². The molecule has 0 unspecified atom stereocenters. The molecule has 8 heteroatoms. The number of aliphatic carboxylic acids is 1. The smallest absolute Gasteiger partial charge is 0.320 e. The van der Waals surface area contributed by atoms with E-state index in [-0.39, 0.29) is 12.1 Å². The quantitative estimate of drug-likeness (QED) is 0.810. The van der Waals surface area contributed by atoms with Crippen LogP contribution in [0.1, 0.15) is 5.56 Å². The molecule has 0 saturated heterocycles. The summed E-state index contributed by atoms with van der Waals surface area (Å²) in [6.07, 6.45) is 0. The standard InChI is InChI=1S/C9H9F2NO4S/c10-7-2-1-6(3-8(7)11)4-12-17(15,16)5-9(13)14/h1-3,12H,4-5H2,(H,13,14). The molecule has 0 aliphatic carbocycles. The Morgan fingerprint density at radius 1 is 1.29 bits per heavy atom. The predicted molar refractivity (Wildman–Crippen MR) is 54.6 cm³/mol. The number of hydrogen-bond acceptors (Lipinski definition) is 3. The zero-order valence-corrected chi connectivity index (χ0v) is 9.30. The van der Waals surface area contributed by atoms with Gasteiger partial charge in [0.05, 0.1) is 0 Å². The Labute approximate surface area is 96.1 Å². The average molecular weight is 265 g/mol. The normalized spacial score (nSPS) is 11.4. The molecule has 94 valence electrons. The van der Waals surface area contributed by atoms with Crippen molar-refractivity contribution in [1.82, 2.24) is 4.72 Å². The summed E-state index contributed by atoms with van der Waals surface area (Å²) in [5.74, 6) is -4.71. The summed E-state index contributed by atoms with van der Waals surface area (Å²) >= 11 is 0. The maximum atomic E-state index is 12.8. The lowest BCUT2D eigenvalue weighted by Gasteiger charge is -2.05. The third-order valence-electron chi connectivity index (χ3n) is 1.79. The molecule has 1 aromatic carbocycles. The number of halogens is 2. The van der Waals surface area contributed by atoms with Crippen LogP contribution < -0.4 is 4.72 Å². The van der Waals surface area contributed by atoms with Gasteiger partial charge in [-0.2, -0.15) is 0 Å². The van der Waals surface area contributed by atoms with E-state index in [0.717, 1.165) is 12.1 Å². The summed E-state index contributed by atoms with van der Waals surface area (Å²) in [5.41, 5.74) is 0.192. The molecule has 0 heterocycles. The Balaban J connectivity index is 2.67. The van der Waals surface area contributed by atoms with Gasteiger partial charge in [0.15, 0.2) is 17.4 Å². The van der Waals surface area contributed by atoms with Crippen LogP contribution in [0.15, 0.2) is 18.2 Å². The Morgan fingerprint density at radius 2 is 1.94 bits per heavy atom. The lowest BCUT2D eigenvalue weighted by Crippen LogP contribution is -2.29. The molecule has 5 nitrogen and oxygen atoms in total.